The van der Waals surface area contributed by atoms with Crippen LogP contribution in [0.4, 0.5) is 0 Å². The second kappa shape index (κ2) is 7.84. The second-order valence-corrected chi connectivity index (χ2v) is 5.32. The summed E-state index contributed by atoms with van der Waals surface area (Å²) in [5, 5.41) is 11.3. The topological polar surface area (TPSA) is 119 Å². The number of carboxylic acid groups (broad SMARTS) is 1. The predicted molar refractivity (Wildman–Crippen MR) is 78.0 cm³/mol. The van der Waals surface area contributed by atoms with E-state index in [0.717, 1.165) is 4.47 Å². The highest BCUT2D eigenvalue weighted by Crippen LogP contribution is 2.27. The fourth-order valence-electron chi connectivity index (χ4n) is 1.37. The van der Waals surface area contributed by atoms with Gasteiger partial charge in [0.05, 0.1) is 11.4 Å². The van der Waals surface area contributed by atoms with Crippen molar-refractivity contribution in [1.82, 2.24) is 5.32 Å². The molecule has 0 aliphatic rings. The van der Waals surface area contributed by atoms with Gasteiger partial charge < -0.3 is 20.9 Å². The van der Waals surface area contributed by atoms with Crippen LogP contribution in [0, 0.1) is 0 Å². The molecule has 0 saturated carbocycles. The van der Waals surface area contributed by atoms with Crippen LogP contribution in [0.2, 0.25) is 5.02 Å². The molecular weight excluding hydrogens is 367 g/mol. The molecule has 114 valence electrons. The highest BCUT2D eigenvalue weighted by atomic mass is 79.9. The molecule has 0 bridgehead atoms. The summed E-state index contributed by atoms with van der Waals surface area (Å²) in [6.45, 7) is -0.441. The molecule has 0 heterocycles. The minimum Gasteiger partial charge on any atom is -0.482 e. The lowest BCUT2D eigenvalue weighted by Gasteiger charge is -2.13. The van der Waals surface area contributed by atoms with Crippen molar-refractivity contribution in [2.24, 2.45) is 5.73 Å². The normalized spacial score (nSPS) is 11.5. The van der Waals surface area contributed by atoms with E-state index in [1.54, 1.807) is 18.2 Å². The SMILES string of the molecule is NC(=O)C[C@H](NC(=O)COc1ccc(Br)cc1Cl)C(=O)O. The standard InChI is InChI=1S/C12H12BrClN2O5/c13-6-1-2-9(7(14)3-6)21-5-11(18)16-8(12(19)20)4-10(15)17/h1-3,8H,4-5H2,(H2,15,17)(H,16,18)(H,19,20)/t8-/m0/s1. The summed E-state index contributed by atoms with van der Waals surface area (Å²) in [6, 6.07) is 3.42. The van der Waals surface area contributed by atoms with Crippen LogP contribution >= 0.6 is 27.5 Å². The Balaban J connectivity index is 2.56. The van der Waals surface area contributed by atoms with Crippen molar-refractivity contribution in [1.29, 1.82) is 0 Å². The van der Waals surface area contributed by atoms with Gasteiger partial charge in [0, 0.05) is 4.47 Å². The van der Waals surface area contributed by atoms with E-state index >= 15 is 0 Å². The fourth-order valence-corrected chi connectivity index (χ4v) is 2.10. The van der Waals surface area contributed by atoms with Gasteiger partial charge in [0.2, 0.25) is 5.91 Å². The number of rotatable bonds is 7. The number of nitrogens with two attached hydrogens (primary N) is 1. The maximum Gasteiger partial charge on any atom is 0.326 e. The molecule has 2 amide bonds. The molecule has 1 rings (SSSR count). The minimum absolute atomic E-state index is 0.275. The van der Waals surface area contributed by atoms with E-state index in [-0.39, 0.29) is 5.75 Å². The van der Waals surface area contributed by atoms with Crippen LogP contribution in [-0.2, 0) is 14.4 Å². The van der Waals surface area contributed by atoms with Crippen LogP contribution in [0.1, 0.15) is 6.42 Å². The molecule has 0 radical (unpaired) electrons. The molecule has 1 aromatic carbocycles. The molecule has 4 N–H and O–H groups in total. The fraction of sp³-hybridized carbons (Fsp3) is 0.250. The Kier molecular flexibility index (Phi) is 6.44. The van der Waals surface area contributed by atoms with Gasteiger partial charge >= 0.3 is 5.97 Å². The second-order valence-electron chi connectivity index (χ2n) is 3.99. The molecule has 0 aliphatic carbocycles. The van der Waals surface area contributed by atoms with Gasteiger partial charge in [-0.2, -0.15) is 0 Å². The third kappa shape index (κ3) is 6.01. The molecule has 0 aliphatic heterocycles. The number of nitrogens with one attached hydrogen (secondary N) is 1. The van der Waals surface area contributed by atoms with E-state index in [9.17, 15) is 14.4 Å². The highest BCUT2D eigenvalue weighted by Gasteiger charge is 2.22. The first kappa shape index (κ1) is 17.3. The van der Waals surface area contributed by atoms with Crippen LogP contribution in [0.15, 0.2) is 22.7 Å². The maximum atomic E-state index is 11.6. The molecule has 0 fully saturated rings. The molecule has 1 atom stereocenters. The van der Waals surface area contributed by atoms with Gasteiger partial charge in [-0.15, -0.1) is 0 Å². The summed E-state index contributed by atoms with van der Waals surface area (Å²) in [6.07, 6.45) is -0.500. The van der Waals surface area contributed by atoms with Crippen LogP contribution in [0.5, 0.6) is 5.75 Å². The van der Waals surface area contributed by atoms with E-state index in [0.29, 0.717) is 5.02 Å². The zero-order valence-electron chi connectivity index (χ0n) is 10.6. The number of carbonyl (C=O) groups excluding carboxylic acids is 2. The van der Waals surface area contributed by atoms with E-state index in [1.807, 2.05) is 0 Å². The number of primary amides is 1. The van der Waals surface area contributed by atoms with Crippen molar-refractivity contribution in [3.05, 3.63) is 27.7 Å². The van der Waals surface area contributed by atoms with Crippen molar-refractivity contribution in [2.75, 3.05) is 6.61 Å². The molecule has 9 heteroatoms. The number of hydrogen-bond acceptors (Lipinski definition) is 4. The zero-order chi connectivity index (χ0) is 16.0. The number of ether oxygens (including phenoxy) is 1. The first-order valence-electron chi connectivity index (χ1n) is 5.68. The first-order chi connectivity index (χ1) is 9.79. The highest BCUT2D eigenvalue weighted by molar-refractivity contribution is 9.10. The maximum absolute atomic E-state index is 11.6. The van der Waals surface area contributed by atoms with Crippen molar-refractivity contribution < 1.29 is 24.2 Å². The van der Waals surface area contributed by atoms with Crippen LogP contribution in [0.25, 0.3) is 0 Å². The molecule has 0 unspecified atom stereocenters. The Hall–Kier alpha value is -1.80. The van der Waals surface area contributed by atoms with Gasteiger partial charge in [-0.25, -0.2) is 4.79 Å². The number of carbonyl (C=O) groups is 3. The summed E-state index contributed by atoms with van der Waals surface area (Å²) in [5.41, 5.74) is 4.90. The first-order valence-corrected chi connectivity index (χ1v) is 6.85. The number of amides is 2. The number of benzene rings is 1. The minimum atomic E-state index is -1.39. The summed E-state index contributed by atoms with van der Waals surface area (Å²) in [4.78, 5) is 33.1. The predicted octanol–water partition coefficient (Wildman–Crippen LogP) is 0.926. The van der Waals surface area contributed by atoms with E-state index in [1.165, 1.54) is 0 Å². The number of carboxylic acids is 1. The van der Waals surface area contributed by atoms with Crippen molar-refractivity contribution >= 4 is 45.3 Å². The number of halogens is 2. The molecule has 21 heavy (non-hydrogen) atoms. The Morgan fingerprint density at radius 1 is 1.43 bits per heavy atom. The van der Waals surface area contributed by atoms with Crippen molar-refractivity contribution in [2.45, 2.75) is 12.5 Å². The smallest absolute Gasteiger partial charge is 0.326 e. The quantitative estimate of drug-likeness (QED) is 0.651. The van der Waals surface area contributed by atoms with Crippen LogP contribution < -0.4 is 15.8 Å². The van der Waals surface area contributed by atoms with Gasteiger partial charge in [-0.05, 0) is 18.2 Å². The Morgan fingerprint density at radius 2 is 2.10 bits per heavy atom. The number of hydrogen-bond donors (Lipinski definition) is 3. The molecule has 0 aromatic heterocycles. The summed E-state index contributed by atoms with van der Waals surface area (Å²) in [7, 11) is 0. The average Bonchev–Trinajstić information content (AvgIpc) is 2.36. The van der Waals surface area contributed by atoms with E-state index < -0.39 is 36.9 Å². The molecule has 0 spiro atoms. The lowest BCUT2D eigenvalue weighted by atomic mass is 10.2. The third-order valence-corrected chi connectivity index (χ3v) is 3.08. The van der Waals surface area contributed by atoms with Crippen molar-refractivity contribution in [3.63, 3.8) is 0 Å². The van der Waals surface area contributed by atoms with Gasteiger partial charge in [0.15, 0.2) is 6.61 Å². The largest absolute Gasteiger partial charge is 0.482 e. The Labute approximate surface area is 133 Å². The Bertz CT molecular complexity index is 567. The summed E-state index contributed by atoms with van der Waals surface area (Å²) >= 11 is 9.12. The van der Waals surface area contributed by atoms with Crippen LogP contribution in [0.3, 0.4) is 0 Å². The van der Waals surface area contributed by atoms with Gasteiger partial charge in [0.1, 0.15) is 11.8 Å². The van der Waals surface area contributed by atoms with Gasteiger partial charge in [-0.1, -0.05) is 27.5 Å². The van der Waals surface area contributed by atoms with Gasteiger partial charge in [0.25, 0.3) is 5.91 Å². The molecule has 0 saturated heterocycles. The lowest BCUT2D eigenvalue weighted by molar-refractivity contribution is -0.143. The third-order valence-electron chi connectivity index (χ3n) is 2.29. The molecular formula is C12H12BrClN2O5. The summed E-state index contributed by atoms with van der Waals surface area (Å²) < 4.78 is 5.91. The van der Waals surface area contributed by atoms with Crippen LogP contribution in [-0.4, -0.2) is 35.5 Å². The van der Waals surface area contributed by atoms with Crippen molar-refractivity contribution in [3.8, 4) is 5.75 Å². The average molecular weight is 380 g/mol. The van der Waals surface area contributed by atoms with E-state index in [2.05, 4.69) is 21.2 Å². The van der Waals surface area contributed by atoms with Gasteiger partial charge in [-0.3, -0.25) is 9.59 Å². The Morgan fingerprint density at radius 3 is 2.62 bits per heavy atom. The molecule has 1 aromatic rings. The summed E-state index contributed by atoms with van der Waals surface area (Å²) in [5.74, 6) is -2.62. The monoisotopic (exact) mass is 378 g/mol. The van der Waals surface area contributed by atoms with E-state index in [4.69, 9.17) is 27.2 Å². The molecule has 7 nitrogen and oxygen atoms in total. The zero-order valence-corrected chi connectivity index (χ0v) is 13.0. The number of aliphatic carboxylic acids is 1. The lowest BCUT2D eigenvalue weighted by Crippen LogP contribution is -2.45.